The highest BCUT2D eigenvalue weighted by molar-refractivity contribution is 5.79. The zero-order chi connectivity index (χ0) is 13.7. The lowest BCUT2D eigenvalue weighted by Crippen LogP contribution is -2.40. The number of nitrogens with two attached hydrogens (primary N) is 1. The second-order valence-electron chi connectivity index (χ2n) is 4.46. The van der Waals surface area contributed by atoms with E-state index in [4.69, 9.17) is 10.5 Å². The van der Waals surface area contributed by atoms with E-state index in [1.54, 1.807) is 24.3 Å². The predicted octanol–water partition coefficient (Wildman–Crippen LogP) is 0.0424. The molecular weight excluding hydrogens is 246 g/mol. The molecule has 1 aromatic carbocycles. The average molecular weight is 263 g/mol. The molecule has 0 saturated carbocycles. The van der Waals surface area contributed by atoms with Crippen LogP contribution < -0.4 is 21.1 Å². The highest BCUT2D eigenvalue weighted by Gasteiger charge is 2.20. The fourth-order valence-electron chi connectivity index (χ4n) is 1.83. The number of hydrogen-bond donors (Lipinski definition) is 3. The van der Waals surface area contributed by atoms with Gasteiger partial charge in [0.25, 0.3) is 5.91 Å². The molecule has 6 heteroatoms. The van der Waals surface area contributed by atoms with Crippen LogP contribution in [0.15, 0.2) is 24.3 Å². The van der Waals surface area contributed by atoms with Gasteiger partial charge >= 0.3 is 0 Å². The van der Waals surface area contributed by atoms with Gasteiger partial charge in [-0.1, -0.05) is 0 Å². The molecule has 0 bridgehead atoms. The van der Waals surface area contributed by atoms with Crippen molar-refractivity contribution in [3.8, 4) is 5.75 Å². The number of amides is 2. The summed E-state index contributed by atoms with van der Waals surface area (Å²) in [6.07, 6.45) is 1.29. The van der Waals surface area contributed by atoms with Crippen molar-refractivity contribution >= 4 is 17.5 Å². The first-order chi connectivity index (χ1) is 9.13. The summed E-state index contributed by atoms with van der Waals surface area (Å²) in [7, 11) is 0. The van der Waals surface area contributed by atoms with Crippen molar-refractivity contribution < 1.29 is 14.3 Å². The predicted molar refractivity (Wildman–Crippen MR) is 70.5 cm³/mol. The normalized spacial score (nSPS) is 17.9. The van der Waals surface area contributed by atoms with Crippen molar-refractivity contribution in [2.45, 2.75) is 18.9 Å². The third kappa shape index (κ3) is 4.17. The molecule has 102 valence electrons. The number of ether oxygens (including phenoxy) is 1. The molecule has 19 heavy (non-hydrogen) atoms. The lowest BCUT2D eigenvalue weighted by atomic mass is 10.2. The Morgan fingerprint density at radius 1 is 1.42 bits per heavy atom. The molecule has 0 radical (unpaired) electrons. The summed E-state index contributed by atoms with van der Waals surface area (Å²) in [6, 6.07) is 6.87. The minimum atomic E-state index is -0.210. The van der Waals surface area contributed by atoms with Crippen molar-refractivity contribution in [2.75, 3.05) is 18.9 Å². The van der Waals surface area contributed by atoms with E-state index in [1.165, 1.54) is 0 Å². The summed E-state index contributed by atoms with van der Waals surface area (Å²) in [4.78, 5) is 22.5. The number of rotatable bonds is 5. The third-order valence-electron chi connectivity index (χ3n) is 2.88. The SMILES string of the molecule is Nc1ccc(OCC(=O)NCC2CCC(=O)N2)cc1. The van der Waals surface area contributed by atoms with E-state index in [9.17, 15) is 9.59 Å². The molecule has 1 aliphatic rings. The van der Waals surface area contributed by atoms with Crippen LogP contribution >= 0.6 is 0 Å². The molecule has 0 aromatic heterocycles. The number of carbonyl (C=O) groups is 2. The summed E-state index contributed by atoms with van der Waals surface area (Å²) in [5.41, 5.74) is 6.19. The van der Waals surface area contributed by atoms with Crippen LogP contribution in [0.1, 0.15) is 12.8 Å². The smallest absolute Gasteiger partial charge is 0.258 e. The Morgan fingerprint density at radius 2 is 2.16 bits per heavy atom. The molecule has 1 saturated heterocycles. The van der Waals surface area contributed by atoms with E-state index in [2.05, 4.69) is 10.6 Å². The summed E-state index contributed by atoms with van der Waals surface area (Å²) < 4.78 is 5.30. The van der Waals surface area contributed by atoms with E-state index in [1.807, 2.05) is 0 Å². The van der Waals surface area contributed by atoms with Gasteiger partial charge in [0.05, 0.1) is 0 Å². The second kappa shape index (κ2) is 6.08. The number of carbonyl (C=O) groups excluding carboxylic acids is 2. The van der Waals surface area contributed by atoms with E-state index >= 15 is 0 Å². The molecule has 0 spiro atoms. The van der Waals surface area contributed by atoms with Crippen LogP contribution in [0.3, 0.4) is 0 Å². The van der Waals surface area contributed by atoms with Crippen LogP contribution in [0, 0.1) is 0 Å². The Balaban J connectivity index is 1.67. The lowest BCUT2D eigenvalue weighted by Gasteiger charge is -2.11. The van der Waals surface area contributed by atoms with E-state index < -0.39 is 0 Å². The van der Waals surface area contributed by atoms with Gasteiger partial charge < -0.3 is 21.1 Å². The first-order valence-corrected chi connectivity index (χ1v) is 6.18. The van der Waals surface area contributed by atoms with Gasteiger partial charge in [-0.15, -0.1) is 0 Å². The van der Waals surface area contributed by atoms with E-state index in [0.29, 0.717) is 24.4 Å². The van der Waals surface area contributed by atoms with Crippen LogP contribution in [-0.2, 0) is 9.59 Å². The van der Waals surface area contributed by atoms with Gasteiger partial charge in [0.15, 0.2) is 6.61 Å². The van der Waals surface area contributed by atoms with Gasteiger partial charge in [0, 0.05) is 24.7 Å². The standard InChI is InChI=1S/C13H17N3O3/c14-9-1-4-11(5-2-9)19-8-13(18)15-7-10-3-6-12(17)16-10/h1-2,4-5,10H,3,6-8,14H2,(H,15,18)(H,16,17). The molecule has 4 N–H and O–H groups in total. The molecular formula is C13H17N3O3. The number of nitrogen functional groups attached to an aromatic ring is 1. The maximum atomic E-state index is 11.5. The van der Waals surface area contributed by atoms with Gasteiger partial charge in [0.1, 0.15) is 5.75 Å². The van der Waals surface area contributed by atoms with Gasteiger partial charge in [-0.2, -0.15) is 0 Å². The molecule has 1 aliphatic heterocycles. The number of hydrogen-bond acceptors (Lipinski definition) is 4. The summed E-state index contributed by atoms with van der Waals surface area (Å²) >= 11 is 0. The highest BCUT2D eigenvalue weighted by atomic mass is 16.5. The summed E-state index contributed by atoms with van der Waals surface area (Å²) in [5, 5.41) is 5.50. The zero-order valence-corrected chi connectivity index (χ0v) is 10.5. The van der Waals surface area contributed by atoms with Crippen molar-refractivity contribution in [1.29, 1.82) is 0 Å². The maximum Gasteiger partial charge on any atom is 0.258 e. The first-order valence-electron chi connectivity index (χ1n) is 6.18. The molecule has 6 nitrogen and oxygen atoms in total. The monoisotopic (exact) mass is 263 g/mol. The molecule has 1 unspecified atom stereocenters. The molecule has 1 aromatic rings. The Bertz CT molecular complexity index is 459. The topological polar surface area (TPSA) is 93.4 Å². The quantitative estimate of drug-likeness (QED) is 0.654. The second-order valence-corrected chi connectivity index (χ2v) is 4.46. The minimum Gasteiger partial charge on any atom is -0.484 e. The Hall–Kier alpha value is -2.24. The first kappa shape index (κ1) is 13.2. The Morgan fingerprint density at radius 3 is 2.79 bits per heavy atom. The molecule has 1 heterocycles. The lowest BCUT2D eigenvalue weighted by molar-refractivity contribution is -0.123. The highest BCUT2D eigenvalue weighted by Crippen LogP contribution is 2.12. The summed E-state index contributed by atoms with van der Waals surface area (Å²) in [5.74, 6) is 0.425. The summed E-state index contributed by atoms with van der Waals surface area (Å²) in [6.45, 7) is 0.389. The van der Waals surface area contributed by atoms with Crippen LogP contribution in [-0.4, -0.2) is 31.0 Å². The molecule has 2 amide bonds. The van der Waals surface area contributed by atoms with Gasteiger partial charge in [-0.25, -0.2) is 0 Å². The van der Waals surface area contributed by atoms with Gasteiger partial charge in [0.2, 0.25) is 5.91 Å². The van der Waals surface area contributed by atoms with Crippen molar-refractivity contribution in [3.63, 3.8) is 0 Å². The molecule has 0 aliphatic carbocycles. The number of anilines is 1. The number of benzene rings is 1. The minimum absolute atomic E-state index is 0.0352. The van der Waals surface area contributed by atoms with Crippen molar-refractivity contribution in [1.82, 2.24) is 10.6 Å². The van der Waals surface area contributed by atoms with E-state index in [0.717, 1.165) is 6.42 Å². The largest absolute Gasteiger partial charge is 0.484 e. The zero-order valence-electron chi connectivity index (χ0n) is 10.5. The van der Waals surface area contributed by atoms with Crippen molar-refractivity contribution in [3.05, 3.63) is 24.3 Å². The van der Waals surface area contributed by atoms with Crippen LogP contribution in [0.5, 0.6) is 5.75 Å². The van der Waals surface area contributed by atoms with Crippen LogP contribution in [0.2, 0.25) is 0 Å². The van der Waals surface area contributed by atoms with Gasteiger partial charge in [-0.3, -0.25) is 9.59 Å². The van der Waals surface area contributed by atoms with Crippen LogP contribution in [0.25, 0.3) is 0 Å². The molecule has 2 rings (SSSR count). The van der Waals surface area contributed by atoms with Crippen LogP contribution in [0.4, 0.5) is 5.69 Å². The maximum absolute atomic E-state index is 11.5. The van der Waals surface area contributed by atoms with Crippen molar-refractivity contribution in [2.24, 2.45) is 0 Å². The third-order valence-corrected chi connectivity index (χ3v) is 2.88. The number of nitrogens with one attached hydrogen (secondary N) is 2. The van der Waals surface area contributed by atoms with Gasteiger partial charge in [-0.05, 0) is 30.7 Å². The molecule has 1 fully saturated rings. The Kier molecular flexibility index (Phi) is 4.22. The fourth-order valence-corrected chi connectivity index (χ4v) is 1.83. The average Bonchev–Trinajstić information content (AvgIpc) is 2.81. The Labute approximate surface area is 111 Å². The molecule has 1 atom stereocenters. The van der Waals surface area contributed by atoms with E-state index in [-0.39, 0.29) is 24.5 Å². The fraction of sp³-hybridized carbons (Fsp3) is 0.385.